The number of allylic oxidation sites excluding steroid dienone is 2. The molecule has 10 rings (SSSR count). The number of carbonyl (C=O) groups excluding carboxylic acids is 1. The second-order valence-corrected chi connectivity index (χ2v) is 15.0. The van der Waals surface area contributed by atoms with Crippen LogP contribution in [0.25, 0.3) is 50.6 Å². The number of imidazole rings is 1. The fraction of sp³-hybridized carbons (Fsp3) is 0.0800. The van der Waals surface area contributed by atoms with Gasteiger partial charge in [0.25, 0.3) is 5.56 Å². The van der Waals surface area contributed by atoms with Crippen molar-refractivity contribution in [3.8, 4) is 45.0 Å². The third-order valence-electron chi connectivity index (χ3n) is 10.3. The van der Waals surface area contributed by atoms with Crippen molar-refractivity contribution in [2.24, 2.45) is 26.9 Å². The first-order valence-corrected chi connectivity index (χ1v) is 21.0. The van der Waals surface area contributed by atoms with Crippen LogP contribution >= 0.6 is 0 Å². The van der Waals surface area contributed by atoms with Gasteiger partial charge in [-0.3, -0.25) is 44.2 Å². The number of hydrogen-bond donors (Lipinski definition) is 6. The molecule has 9 aromatic rings. The lowest BCUT2D eigenvalue weighted by Gasteiger charge is -2.12. The maximum Gasteiger partial charge on any atom is 0.250 e. The second-order valence-electron chi connectivity index (χ2n) is 15.0. The highest BCUT2D eigenvalue weighted by Crippen LogP contribution is 2.26. The maximum atomic E-state index is 11.4. The van der Waals surface area contributed by atoms with Gasteiger partial charge in [0.2, 0.25) is 0 Å². The Balaban J connectivity index is 0.000000142. The van der Waals surface area contributed by atoms with Crippen LogP contribution in [0.5, 0.6) is 0 Å². The van der Waals surface area contributed by atoms with Crippen LogP contribution in [-0.2, 0) is 25.9 Å². The monoisotopic (exact) mass is 921 g/mol. The summed E-state index contributed by atoms with van der Waals surface area (Å²) in [6, 6.07) is 21.4. The third-order valence-corrected chi connectivity index (χ3v) is 10.3. The zero-order chi connectivity index (χ0) is 49.3. The Bertz CT molecular complexity index is 3170. The molecule has 9 aromatic heterocycles. The van der Waals surface area contributed by atoms with Crippen molar-refractivity contribution < 1.29 is 4.79 Å². The van der Waals surface area contributed by atoms with E-state index in [4.69, 9.17) is 34.4 Å². The molecule has 0 fully saturated rings. The highest BCUT2D eigenvalue weighted by atomic mass is 16.1. The van der Waals surface area contributed by atoms with E-state index in [1.165, 1.54) is 12.1 Å². The van der Waals surface area contributed by atoms with Crippen LogP contribution in [-0.4, -0.2) is 65.6 Å². The van der Waals surface area contributed by atoms with Gasteiger partial charge in [0.15, 0.2) is 5.78 Å². The summed E-state index contributed by atoms with van der Waals surface area (Å²) in [4.78, 5) is 50.4. The zero-order valence-corrected chi connectivity index (χ0v) is 38.0. The van der Waals surface area contributed by atoms with Crippen LogP contribution < -0.4 is 40.0 Å². The zero-order valence-electron chi connectivity index (χ0n) is 38.0. The summed E-state index contributed by atoms with van der Waals surface area (Å²) >= 11 is 0. The number of ketones is 1. The Labute approximate surface area is 397 Å². The second kappa shape index (κ2) is 23.5. The van der Waals surface area contributed by atoms with Gasteiger partial charge in [0.1, 0.15) is 0 Å². The summed E-state index contributed by atoms with van der Waals surface area (Å²) < 4.78 is 5.27. The number of hydrogen-bond acceptors (Lipinski definition) is 16. The van der Waals surface area contributed by atoms with Crippen LogP contribution in [0, 0.1) is 0 Å². The van der Waals surface area contributed by atoms with E-state index in [-0.39, 0.29) is 11.3 Å². The van der Waals surface area contributed by atoms with E-state index >= 15 is 0 Å². The number of aryl methyl sites for hydroxylation is 2. The highest BCUT2D eigenvalue weighted by molar-refractivity contribution is 6.02. The standard InChI is InChI=1S/2C11H11N3O.C10H9N3.2C9H10N4/c1-14-10(3-2-4-11(14)15)8-5-6-13-7-9(8)12;12-9-5-7(1-2-11(9)15)8-3-4-14-6-10(8)13;11-9-7-12-6-4-8(9)10-3-1-2-5-13-10;1-13-9(3-5-12-13)7-2-4-11-6-8(7)10;1-13-6-12-5-9(13)7-2-3-11-4-8(7)10/h2-7H,12H2,1H3;1-6,9H,12-13H2;1-7H,11H2;2*2-6H,10H2,1H3. The molecule has 0 radical (unpaired) electrons. The van der Waals surface area contributed by atoms with Crippen LogP contribution in [0.2, 0.25) is 0 Å². The third kappa shape index (κ3) is 12.8. The predicted octanol–water partition coefficient (Wildman–Crippen LogP) is 5.40. The fourth-order valence-corrected chi connectivity index (χ4v) is 6.63. The summed E-state index contributed by atoms with van der Waals surface area (Å²) in [5.41, 5.74) is 46.7. The molecule has 0 saturated carbocycles. The maximum absolute atomic E-state index is 11.4. The van der Waals surface area contributed by atoms with E-state index < -0.39 is 6.04 Å². The van der Waals surface area contributed by atoms with Crippen LogP contribution in [0.1, 0.15) is 5.56 Å². The Kier molecular flexibility index (Phi) is 16.7. The van der Waals surface area contributed by atoms with Gasteiger partial charge < -0.3 is 43.5 Å². The summed E-state index contributed by atoms with van der Waals surface area (Å²) in [5.74, 6) is -0.0913. The molecular weight excluding hydrogens is 871 g/mol. The average Bonchev–Trinajstić information content (AvgIpc) is 4.00. The predicted molar refractivity (Wildman–Crippen MR) is 272 cm³/mol. The van der Waals surface area contributed by atoms with Gasteiger partial charge in [-0.15, -0.1) is 0 Å². The molecule has 1 atom stereocenters. The quantitative estimate of drug-likeness (QED) is 0.126. The molecule has 0 spiro atoms. The normalized spacial score (nSPS) is 12.3. The van der Waals surface area contributed by atoms with Crippen molar-refractivity contribution in [3.63, 3.8) is 0 Å². The van der Waals surface area contributed by atoms with Crippen molar-refractivity contribution in [2.45, 2.75) is 6.04 Å². The van der Waals surface area contributed by atoms with Gasteiger partial charge in [0.05, 0.1) is 101 Å². The molecule has 19 nitrogen and oxygen atoms in total. The Hall–Kier alpha value is -9.62. The van der Waals surface area contributed by atoms with Crippen molar-refractivity contribution >= 4 is 39.8 Å². The number of rotatable bonds is 5. The van der Waals surface area contributed by atoms with E-state index in [2.05, 4.69) is 40.0 Å². The smallest absolute Gasteiger partial charge is 0.250 e. The van der Waals surface area contributed by atoms with Crippen LogP contribution in [0.15, 0.2) is 183 Å². The van der Waals surface area contributed by atoms with Gasteiger partial charge >= 0.3 is 0 Å². The molecule has 12 N–H and O–H groups in total. The number of nitrogens with zero attached hydrogens (tertiary/aromatic N) is 11. The lowest BCUT2D eigenvalue weighted by atomic mass is 9.96. The molecule has 0 amide bonds. The van der Waals surface area contributed by atoms with Gasteiger partial charge in [-0.25, -0.2) is 4.98 Å². The molecule has 19 heteroatoms. The first-order chi connectivity index (χ1) is 33.3. The Morgan fingerprint density at radius 3 is 1.46 bits per heavy atom. The molecular formula is C50H51N17O2. The first kappa shape index (κ1) is 48.8. The average molecular weight is 922 g/mol. The van der Waals surface area contributed by atoms with Crippen LogP contribution in [0.4, 0.5) is 28.4 Å². The fourth-order valence-electron chi connectivity index (χ4n) is 6.63. The molecule has 348 valence electrons. The number of pyridine rings is 7. The summed E-state index contributed by atoms with van der Waals surface area (Å²) in [6.45, 7) is 0. The highest BCUT2D eigenvalue weighted by Gasteiger charge is 2.15. The molecule has 1 aliphatic carbocycles. The molecule has 0 aliphatic heterocycles. The van der Waals surface area contributed by atoms with E-state index in [9.17, 15) is 9.59 Å². The minimum atomic E-state index is -0.572. The Morgan fingerprint density at radius 2 is 1.00 bits per heavy atom. The number of nitrogen functional groups attached to an aromatic ring is 5. The molecule has 1 aliphatic rings. The number of anilines is 5. The number of carbonyl (C=O) groups is 1. The Morgan fingerprint density at radius 1 is 0.478 bits per heavy atom. The van der Waals surface area contributed by atoms with Gasteiger partial charge in [0, 0.05) is 98.4 Å². The van der Waals surface area contributed by atoms with E-state index in [0.29, 0.717) is 28.4 Å². The molecule has 0 bridgehead atoms. The van der Waals surface area contributed by atoms with Crippen LogP contribution in [0.3, 0.4) is 0 Å². The van der Waals surface area contributed by atoms with Gasteiger partial charge in [-0.2, -0.15) is 5.10 Å². The van der Waals surface area contributed by atoms with Crippen molar-refractivity contribution in [1.82, 2.24) is 53.8 Å². The van der Waals surface area contributed by atoms with E-state index in [1.807, 2.05) is 67.2 Å². The minimum absolute atomic E-state index is 0.0521. The topological polar surface area (TPSA) is 308 Å². The lowest BCUT2D eigenvalue weighted by molar-refractivity contribution is -0.114. The van der Waals surface area contributed by atoms with Gasteiger partial charge in [-0.05, 0) is 66.2 Å². The van der Waals surface area contributed by atoms with E-state index in [1.54, 1.807) is 134 Å². The summed E-state index contributed by atoms with van der Waals surface area (Å²) in [5, 5.41) is 4.07. The van der Waals surface area contributed by atoms with Gasteiger partial charge in [-0.1, -0.05) is 24.3 Å². The number of aromatic nitrogens is 11. The minimum Gasteiger partial charge on any atom is -0.397 e. The van der Waals surface area contributed by atoms with Crippen molar-refractivity contribution in [3.05, 3.63) is 194 Å². The van der Waals surface area contributed by atoms with E-state index in [0.717, 1.165) is 56.2 Å². The largest absolute Gasteiger partial charge is 0.397 e. The molecule has 0 saturated heterocycles. The molecule has 9 heterocycles. The molecule has 1 unspecified atom stereocenters. The summed E-state index contributed by atoms with van der Waals surface area (Å²) in [6.07, 6.45) is 28.4. The molecule has 0 aromatic carbocycles. The molecule has 69 heavy (non-hydrogen) atoms. The SMILES string of the molecule is Cn1c(-c2ccncc2N)cccc1=O.Cn1cncc1-c1ccncc1N.Cn1nccc1-c1ccncc1N.Nc1cnccc1-c1ccccn1.Nc1cnccc1C1=CC(N)C(=O)C=C1. The summed E-state index contributed by atoms with van der Waals surface area (Å²) in [7, 11) is 5.54. The lowest BCUT2D eigenvalue weighted by Crippen LogP contribution is -2.28. The number of nitrogens with two attached hydrogens (primary N) is 6. The van der Waals surface area contributed by atoms with Crippen molar-refractivity contribution in [1.29, 1.82) is 0 Å². The first-order valence-electron chi connectivity index (χ1n) is 21.0. The van der Waals surface area contributed by atoms with Crippen molar-refractivity contribution in [2.75, 3.05) is 28.7 Å².